The fourth-order valence-corrected chi connectivity index (χ4v) is 1.95. The van der Waals surface area contributed by atoms with Crippen LogP contribution in [0.2, 0.25) is 0 Å². The summed E-state index contributed by atoms with van der Waals surface area (Å²) in [7, 11) is 0. The van der Waals surface area contributed by atoms with Gasteiger partial charge >= 0.3 is 6.09 Å². The van der Waals surface area contributed by atoms with E-state index in [-0.39, 0.29) is 25.3 Å². The van der Waals surface area contributed by atoms with Crippen molar-refractivity contribution in [3.05, 3.63) is 42.5 Å². The Morgan fingerprint density at radius 2 is 2.12 bits per heavy atom. The van der Waals surface area contributed by atoms with Gasteiger partial charge in [0.2, 0.25) is 0 Å². The number of ether oxygens (including phenoxy) is 1. The van der Waals surface area contributed by atoms with Crippen LogP contribution in [0.25, 0.3) is 0 Å². The lowest BCUT2D eigenvalue weighted by atomic mass is 10.0. The van der Waals surface area contributed by atoms with Gasteiger partial charge < -0.3 is 15.2 Å². The van der Waals surface area contributed by atoms with Crippen LogP contribution in [0.3, 0.4) is 0 Å². The highest BCUT2D eigenvalue weighted by molar-refractivity contribution is 5.87. The SMILES string of the molecule is C=CCCOC(=O)NC(Cc1ccc(O)cc1)C(=O)N(C#N)CC. The van der Waals surface area contributed by atoms with Gasteiger partial charge in [-0.25, -0.2) is 9.69 Å². The molecule has 0 spiro atoms. The molecule has 0 aliphatic carbocycles. The first-order valence-corrected chi connectivity index (χ1v) is 7.55. The van der Waals surface area contributed by atoms with Gasteiger partial charge in [0.15, 0.2) is 6.19 Å². The number of phenolic OH excluding ortho intramolecular Hbond substituents is 1. The van der Waals surface area contributed by atoms with Crippen LogP contribution in [-0.4, -0.2) is 41.2 Å². The van der Waals surface area contributed by atoms with Crippen LogP contribution in [0.4, 0.5) is 4.79 Å². The minimum absolute atomic E-state index is 0.102. The van der Waals surface area contributed by atoms with Gasteiger partial charge in [-0.15, -0.1) is 6.58 Å². The number of phenols is 1. The summed E-state index contributed by atoms with van der Waals surface area (Å²) in [5, 5.41) is 20.8. The Morgan fingerprint density at radius 3 is 2.67 bits per heavy atom. The molecule has 1 aromatic rings. The fraction of sp³-hybridized carbons (Fsp3) is 0.353. The van der Waals surface area contributed by atoms with Crippen LogP contribution in [-0.2, 0) is 16.0 Å². The van der Waals surface area contributed by atoms with Gasteiger partial charge in [0.1, 0.15) is 11.8 Å². The first-order valence-electron chi connectivity index (χ1n) is 7.55. The molecule has 0 saturated carbocycles. The van der Waals surface area contributed by atoms with Crippen molar-refractivity contribution < 1.29 is 19.4 Å². The molecule has 0 radical (unpaired) electrons. The van der Waals surface area contributed by atoms with Gasteiger partial charge in [-0.05, 0) is 31.0 Å². The molecule has 0 aliphatic heterocycles. The van der Waals surface area contributed by atoms with Crippen LogP contribution in [0, 0.1) is 11.5 Å². The first kappa shape index (κ1) is 19.0. The molecule has 7 nitrogen and oxygen atoms in total. The zero-order chi connectivity index (χ0) is 17.9. The average Bonchev–Trinajstić information content (AvgIpc) is 2.57. The number of nitrogens with one attached hydrogen (secondary N) is 1. The molecule has 2 N–H and O–H groups in total. The Hall–Kier alpha value is -3.01. The van der Waals surface area contributed by atoms with E-state index in [1.165, 1.54) is 12.1 Å². The van der Waals surface area contributed by atoms with E-state index in [9.17, 15) is 14.7 Å². The third-order valence-electron chi connectivity index (χ3n) is 3.22. The van der Waals surface area contributed by atoms with Crippen molar-refractivity contribution in [3.63, 3.8) is 0 Å². The maximum absolute atomic E-state index is 12.4. The number of hydrogen-bond donors (Lipinski definition) is 2. The second-order valence-corrected chi connectivity index (χ2v) is 4.96. The van der Waals surface area contributed by atoms with Crippen LogP contribution in [0.15, 0.2) is 36.9 Å². The number of hydrogen-bond acceptors (Lipinski definition) is 5. The number of aromatic hydroxyl groups is 1. The maximum Gasteiger partial charge on any atom is 0.407 e. The predicted octanol–water partition coefficient (Wildman–Crippen LogP) is 1.94. The molecule has 128 valence electrons. The third kappa shape index (κ3) is 6.01. The van der Waals surface area contributed by atoms with E-state index < -0.39 is 18.0 Å². The Labute approximate surface area is 141 Å². The van der Waals surface area contributed by atoms with Crippen molar-refractivity contribution in [1.82, 2.24) is 10.2 Å². The number of likely N-dealkylation sites (N-methyl/N-ethyl adjacent to an activating group) is 1. The van der Waals surface area contributed by atoms with Crippen molar-refractivity contribution in [1.29, 1.82) is 5.26 Å². The quantitative estimate of drug-likeness (QED) is 0.328. The summed E-state index contributed by atoms with van der Waals surface area (Å²) in [4.78, 5) is 25.2. The second-order valence-electron chi connectivity index (χ2n) is 4.96. The lowest BCUT2D eigenvalue weighted by Gasteiger charge is -2.21. The summed E-state index contributed by atoms with van der Waals surface area (Å²) in [6, 6.07) is 5.32. The molecule has 0 aliphatic rings. The molecule has 1 atom stereocenters. The van der Waals surface area contributed by atoms with Crippen molar-refractivity contribution in [2.75, 3.05) is 13.2 Å². The number of nitriles is 1. The second kappa shape index (κ2) is 9.90. The zero-order valence-electron chi connectivity index (χ0n) is 13.6. The molecule has 7 heteroatoms. The van der Waals surface area contributed by atoms with Gasteiger partial charge in [0.05, 0.1) is 6.61 Å². The summed E-state index contributed by atoms with van der Waals surface area (Å²) in [5.74, 6) is -0.417. The van der Waals surface area contributed by atoms with Gasteiger partial charge in [0, 0.05) is 13.0 Å². The zero-order valence-corrected chi connectivity index (χ0v) is 13.6. The van der Waals surface area contributed by atoms with Crippen LogP contribution >= 0.6 is 0 Å². The van der Waals surface area contributed by atoms with E-state index in [1.807, 2.05) is 0 Å². The Kier molecular flexibility index (Phi) is 7.85. The minimum atomic E-state index is -0.939. The highest BCUT2D eigenvalue weighted by Gasteiger charge is 2.26. The van der Waals surface area contributed by atoms with E-state index in [4.69, 9.17) is 10.00 Å². The standard InChI is InChI=1S/C17H21N3O4/c1-3-5-10-24-17(23)19-15(16(22)20(4-2)12-18)11-13-6-8-14(21)9-7-13/h3,6-9,15,21H,1,4-5,10-11H2,2H3,(H,19,23). The van der Waals surface area contributed by atoms with E-state index >= 15 is 0 Å². The van der Waals surface area contributed by atoms with Gasteiger partial charge in [-0.2, -0.15) is 5.26 Å². The summed E-state index contributed by atoms with van der Waals surface area (Å²) in [5.41, 5.74) is 0.728. The van der Waals surface area contributed by atoms with Crippen molar-refractivity contribution >= 4 is 12.0 Å². The van der Waals surface area contributed by atoms with E-state index in [0.29, 0.717) is 6.42 Å². The van der Waals surface area contributed by atoms with Gasteiger partial charge in [-0.3, -0.25) is 4.79 Å². The lowest BCUT2D eigenvalue weighted by molar-refractivity contribution is -0.130. The molecule has 0 bridgehead atoms. The number of benzene rings is 1. The number of nitrogens with zero attached hydrogens (tertiary/aromatic N) is 2. The number of rotatable bonds is 8. The predicted molar refractivity (Wildman–Crippen MR) is 87.9 cm³/mol. The smallest absolute Gasteiger partial charge is 0.407 e. The normalized spacial score (nSPS) is 11.0. The largest absolute Gasteiger partial charge is 0.508 e. The van der Waals surface area contributed by atoms with Crippen molar-refractivity contribution in [2.45, 2.75) is 25.8 Å². The molecule has 0 fully saturated rings. The molecule has 2 amide bonds. The summed E-state index contributed by atoms with van der Waals surface area (Å²) < 4.78 is 4.95. The molecule has 0 aromatic heterocycles. The van der Waals surface area contributed by atoms with Crippen LogP contribution < -0.4 is 5.32 Å². The third-order valence-corrected chi connectivity index (χ3v) is 3.22. The minimum Gasteiger partial charge on any atom is -0.508 e. The molecular formula is C17H21N3O4. The van der Waals surface area contributed by atoms with Crippen molar-refractivity contribution in [2.24, 2.45) is 0 Å². The monoisotopic (exact) mass is 331 g/mol. The molecule has 0 saturated heterocycles. The molecule has 1 rings (SSSR count). The molecular weight excluding hydrogens is 310 g/mol. The van der Waals surface area contributed by atoms with Gasteiger partial charge in [-0.1, -0.05) is 18.2 Å². The van der Waals surface area contributed by atoms with Crippen LogP contribution in [0.1, 0.15) is 18.9 Å². The lowest BCUT2D eigenvalue weighted by Crippen LogP contribution is -2.48. The van der Waals surface area contributed by atoms with E-state index in [1.54, 1.807) is 31.3 Å². The molecule has 1 aromatic carbocycles. The summed E-state index contributed by atoms with van der Waals surface area (Å²) in [6.45, 7) is 5.55. The molecule has 24 heavy (non-hydrogen) atoms. The molecule has 1 unspecified atom stereocenters. The first-order chi connectivity index (χ1) is 11.5. The Bertz CT molecular complexity index is 607. The Balaban J connectivity index is 2.84. The topological polar surface area (TPSA) is 103 Å². The Morgan fingerprint density at radius 1 is 1.46 bits per heavy atom. The van der Waals surface area contributed by atoms with E-state index in [2.05, 4.69) is 11.9 Å². The fourth-order valence-electron chi connectivity index (χ4n) is 1.95. The van der Waals surface area contributed by atoms with Crippen molar-refractivity contribution in [3.8, 4) is 11.9 Å². The number of amides is 2. The van der Waals surface area contributed by atoms with Gasteiger partial charge in [0.25, 0.3) is 5.91 Å². The number of carbonyl (C=O) groups is 2. The highest BCUT2D eigenvalue weighted by Crippen LogP contribution is 2.12. The summed E-state index contributed by atoms with van der Waals surface area (Å²) >= 11 is 0. The highest BCUT2D eigenvalue weighted by atomic mass is 16.5. The summed E-state index contributed by atoms with van der Waals surface area (Å²) in [6.07, 6.45) is 3.35. The van der Waals surface area contributed by atoms with Crippen LogP contribution in [0.5, 0.6) is 5.75 Å². The molecule has 0 heterocycles. The number of alkyl carbamates (subject to hydrolysis) is 1. The maximum atomic E-state index is 12.4. The van der Waals surface area contributed by atoms with E-state index in [0.717, 1.165) is 10.5 Å². The average molecular weight is 331 g/mol. The number of carbonyl (C=O) groups excluding carboxylic acids is 2.